The second-order valence-electron chi connectivity index (χ2n) is 8.92. The lowest BCUT2D eigenvalue weighted by molar-refractivity contribution is 0.0466. The number of benzene rings is 2. The van der Waals surface area contributed by atoms with Crippen LogP contribution in [0.4, 0.5) is 14.5 Å². The van der Waals surface area contributed by atoms with Crippen molar-refractivity contribution in [1.29, 1.82) is 0 Å². The topological polar surface area (TPSA) is 54.8 Å². The highest BCUT2D eigenvalue weighted by molar-refractivity contribution is 5.94. The number of esters is 1. The van der Waals surface area contributed by atoms with Gasteiger partial charge in [-0.1, -0.05) is 25.1 Å². The van der Waals surface area contributed by atoms with Gasteiger partial charge in [-0.25, -0.2) is 13.6 Å². The number of nitrogens with zero attached hydrogens (tertiary/aromatic N) is 3. The molecule has 6 nitrogen and oxygen atoms in total. The number of carbonyl (C=O) groups excluding carboxylic acids is 1. The van der Waals surface area contributed by atoms with Gasteiger partial charge in [0.1, 0.15) is 23.8 Å². The number of likely N-dealkylation sites (N-methyl/N-ethyl adjacent to an activating group) is 1. The van der Waals surface area contributed by atoms with Gasteiger partial charge in [-0.3, -0.25) is 4.79 Å². The van der Waals surface area contributed by atoms with Crippen LogP contribution in [0.1, 0.15) is 41.7 Å². The Hall–Kier alpha value is -3.26. The maximum absolute atomic E-state index is 15.2. The van der Waals surface area contributed by atoms with E-state index in [1.165, 1.54) is 24.4 Å². The van der Waals surface area contributed by atoms with Crippen molar-refractivity contribution in [2.75, 3.05) is 37.6 Å². The standard InChI is InChI=1S/C26H27F2N3O3/c1-2-29-9-11-30(12-10-29)24-14-23-19(13-22(24)28)25(32)20(15-31(23)18-7-8-18)26(33)34-16-17-5-3-4-6-21(17)27/h3-6,13-15,18H,2,7-12,16H2,1H3. The molecule has 0 atom stereocenters. The van der Waals surface area contributed by atoms with E-state index >= 15 is 4.39 Å². The highest BCUT2D eigenvalue weighted by atomic mass is 19.1. The lowest BCUT2D eigenvalue weighted by Gasteiger charge is -2.35. The van der Waals surface area contributed by atoms with Crippen LogP contribution in [0.2, 0.25) is 0 Å². The molecule has 3 aromatic rings. The first-order valence-electron chi connectivity index (χ1n) is 11.7. The third kappa shape index (κ3) is 4.30. The van der Waals surface area contributed by atoms with Crippen molar-refractivity contribution >= 4 is 22.6 Å². The van der Waals surface area contributed by atoms with Gasteiger partial charge in [-0.2, -0.15) is 0 Å². The van der Waals surface area contributed by atoms with E-state index in [4.69, 9.17) is 4.74 Å². The number of aromatic nitrogens is 1. The van der Waals surface area contributed by atoms with Gasteiger partial charge in [0.25, 0.3) is 0 Å². The molecule has 8 heteroatoms. The molecule has 0 bridgehead atoms. The molecule has 0 unspecified atom stereocenters. The second-order valence-corrected chi connectivity index (χ2v) is 8.92. The summed E-state index contributed by atoms with van der Waals surface area (Å²) in [5.74, 6) is -1.81. The van der Waals surface area contributed by atoms with E-state index in [9.17, 15) is 14.0 Å². The number of rotatable bonds is 6. The first-order chi connectivity index (χ1) is 16.5. The molecule has 2 aromatic carbocycles. The molecule has 1 aliphatic carbocycles. The zero-order valence-corrected chi connectivity index (χ0v) is 19.1. The van der Waals surface area contributed by atoms with Crippen molar-refractivity contribution in [3.8, 4) is 0 Å². The quantitative estimate of drug-likeness (QED) is 0.511. The molecular formula is C26H27F2N3O3. The van der Waals surface area contributed by atoms with Crippen molar-refractivity contribution < 1.29 is 18.3 Å². The van der Waals surface area contributed by atoms with E-state index in [1.807, 2.05) is 9.47 Å². The van der Waals surface area contributed by atoms with Gasteiger partial charge in [0.05, 0.1) is 11.2 Å². The number of hydrogen-bond acceptors (Lipinski definition) is 5. The Bertz CT molecular complexity index is 1290. The largest absolute Gasteiger partial charge is 0.457 e. The number of anilines is 1. The van der Waals surface area contributed by atoms with Gasteiger partial charge in [-0.05, 0) is 37.6 Å². The highest BCUT2D eigenvalue weighted by Gasteiger charge is 2.29. The summed E-state index contributed by atoms with van der Waals surface area (Å²) < 4.78 is 36.2. The van der Waals surface area contributed by atoms with Crippen LogP contribution >= 0.6 is 0 Å². The summed E-state index contributed by atoms with van der Waals surface area (Å²) in [7, 11) is 0. The van der Waals surface area contributed by atoms with Crippen LogP contribution in [0, 0.1) is 11.6 Å². The lowest BCUT2D eigenvalue weighted by atomic mass is 10.1. The second kappa shape index (κ2) is 9.18. The Morgan fingerprint density at radius 2 is 1.79 bits per heavy atom. The predicted octanol–water partition coefficient (Wildman–Crippen LogP) is 4.11. The molecule has 0 spiro atoms. The van der Waals surface area contributed by atoms with Gasteiger partial charge in [0, 0.05) is 49.4 Å². The Morgan fingerprint density at radius 1 is 1.06 bits per heavy atom. The summed E-state index contributed by atoms with van der Waals surface area (Å²) in [4.78, 5) is 30.3. The maximum atomic E-state index is 15.2. The number of carbonyl (C=O) groups is 1. The summed E-state index contributed by atoms with van der Waals surface area (Å²) >= 11 is 0. The minimum atomic E-state index is -0.843. The Balaban J connectivity index is 1.49. The van der Waals surface area contributed by atoms with E-state index in [-0.39, 0.29) is 29.2 Å². The minimum absolute atomic E-state index is 0.150. The fourth-order valence-corrected chi connectivity index (χ4v) is 4.54. The average molecular weight is 468 g/mol. The summed E-state index contributed by atoms with van der Waals surface area (Å²) in [6, 6.07) is 9.11. The fourth-order valence-electron chi connectivity index (χ4n) is 4.54. The van der Waals surface area contributed by atoms with Crippen LogP contribution in [0.3, 0.4) is 0 Å². The number of halogens is 2. The molecule has 1 saturated heterocycles. The summed E-state index contributed by atoms with van der Waals surface area (Å²) in [5, 5.41) is 0.153. The summed E-state index contributed by atoms with van der Waals surface area (Å²) in [6.45, 7) is 5.93. The average Bonchev–Trinajstić information content (AvgIpc) is 3.69. The minimum Gasteiger partial charge on any atom is -0.457 e. The van der Waals surface area contributed by atoms with Crippen LogP contribution in [0.25, 0.3) is 10.9 Å². The summed E-state index contributed by atoms with van der Waals surface area (Å²) in [5.41, 5.74) is 0.573. The van der Waals surface area contributed by atoms with Crippen molar-refractivity contribution in [2.24, 2.45) is 0 Å². The highest BCUT2D eigenvalue weighted by Crippen LogP contribution is 2.38. The molecule has 178 valence electrons. The molecule has 34 heavy (non-hydrogen) atoms. The maximum Gasteiger partial charge on any atom is 0.344 e. The SMILES string of the molecule is CCN1CCN(c2cc3c(cc2F)c(=O)c(C(=O)OCc2ccccc2F)cn3C2CC2)CC1. The smallest absolute Gasteiger partial charge is 0.344 e. The molecule has 2 aliphatic rings. The molecule has 2 fully saturated rings. The molecule has 0 N–H and O–H groups in total. The van der Waals surface area contributed by atoms with E-state index in [0.29, 0.717) is 24.3 Å². The van der Waals surface area contributed by atoms with E-state index in [0.717, 1.165) is 32.5 Å². The lowest BCUT2D eigenvalue weighted by Crippen LogP contribution is -2.46. The van der Waals surface area contributed by atoms with Gasteiger partial charge in [0.15, 0.2) is 0 Å². The third-order valence-corrected chi connectivity index (χ3v) is 6.74. The molecule has 1 aliphatic heterocycles. The monoisotopic (exact) mass is 467 g/mol. The van der Waals surface area contributed by atoms with Gasteiger partial charge < -0.3 is 19.1 Å². The van der Waals surface area contributed by atoms with Crippen molar-refractivity contribution in [1.82, 2.24) is 9.47 Å². The van der Waals surface area contributed by atoms with Crippen LogP contribution < -0.4 is 10.3 Å². The molecule has 2 heterocycles. The Kier molecular flexibility index (Phi) is 6.08. The molecule has 1 aromatic heterocycles. The van der Waals surface area contributed by atoms with Crippen LogP contribution in [0.15, 0.2) is 47.4 Å². The summed E-state index contributed by atoms with van der Waals surface area (Å²) in [6.07, 6.45) is 3.36. The molecule has 0 amide bonds. The molecular weight excluding hydrogens is 440 g/mol. The first kappa shape index (κ1) is 22.5. The van der Waals surface area contributed by atoms with Crippen molar-refractivity contribution in [3.63, 3.8) is 0 Å². The van der Waals surface area contributed by atoms with Gasteiger partial charge >= 0.3 is 5.97 Å². The Morgan fingerprint density at radius 3 is 2.47 bits per heavy atom. The third-order valence-electron chi connectivity index (χ3n) is 6.74. The van der Waals surface area contributed by atoms with Gasteiger partial charge in [-0.15, -0.1) is 0 Å². The first-order valence-corrected chi connectivity index (χ1v) is 11.7. The Labute approximate surface area is 196 Å². The zero-order chi connectivity index (χ0) is 23.8. The van der Waals surface area contributed by atoms with Crippen LogP contribution in [-0.2, 0) is 11.3 Å². The fraction of sp³-hybridized carbons (Fsp3) is 0.385. The van der Waals surface area contributed by atoms with Crippen LogP contribution in [-0.4, -0.2) is 48.2 Å². The number of ether oxygens (including phenoxy) is 1. The predicted molar refractivity (Wildman–Crippen MR) is 126 cm³/mol. The number of fused-ring (bicyclic) bond motifs is 1. The van der Waals surface area contributed by atoms with E-state index in [2.05, 4.69) is 11.8 Å². The molecule has 0 radical (unpaired) electrons. The molecule has 1 saturated carbocycles. The number of piperazine rings is 1. The van der Waals surface area contributed by atoms with Gasteiger partial charge in [0.2, 0.25) is 5.43 Å². The number of hydrogen-bond donors (Lipinski definition) is 0. The van der Waals surface area contributed by atoms with E-state index < -0.39 is 23.0 Å². The van der Waals surface area contributed by atoms with E-state index in [1.54, 1.807) is 18.2 Å². The molecule has 5 rings (SSSR count). The van der Waals surface area contributed by atoms with Crippen molar-refractivity contribution in [2.45, 2.75) is 32.4 Å². The van der Waals surface area contributed by atoms with Crippen molar-refractivity contribution in [3.05, 3.63) is 75.6 Å². The zero-order valence-electron chi connectivity index (χ0n) is 19.1. The normalized spacial score (nSPS) is 16.7. The van der Waals surface area contributed by atoms with Crippen LogP contribution in [0.5, 0.6) is 0 Å². The number of pyridine rings is 1.